The van der Waals surface area contributed by atoms with Gasteiger partial charge in [0.25, 0.3) is 0 Å². The van der Waals surface area contributed by atoms with Crippen molar-refractivity contribution in [1.82, 2.24) is 20.5 Å². The molecule has 1 aliphatic rings. The molecule has 146 valence electrons. The molecule has 8 heteroatoms. The van der Waals surface area contributed by atoms with Gasteiger partial charge in [0.05, 0.1) is 13.2 Å². The molecular weight excluding hydrogens is 445 g/mol. The number of nitrogens with zero attached hydrogens (tertiary/aromatic N) is 3. The van der Waals surface area contributed by atoms with Crippen LogP contribution in [0.2, 0.25) is 0 Å². The second-order valence-corrected chi connectivity index (χ2v) is 5.95. The van der Waals surface area contributed by atoms with Gasteiger partial charge in [0.1, 0.15) is 0 Å². The number of aliphatic imine (C=N–C) groups is 1. The van der Waals surface area contributed by atoms with Gasteiger partial charge in [-0.05, 0) is 31.9 Å². The topological polar surface area (TPSA) is 78.9 Å². The largest absolute Gasteiger partial charge is 0.478 e. The fourth-order valence-electron chi connectivity index (χ4n) is 2.79. The Hall–Kier alpha value is -1.58. The van der Waals surface area contributed by atoms with Crippen LogP contribution in [0.15, 0.2) is 23.3 Å². The number of nitrogens with one attached hydrogen (secondary N) is 2. The summed E-state index contributed by atoms with van der Waals surface area (Å²) in [6, 6.07) is 4.09. The zero-order valence-electron chi connectivity index (χ0n) is 15.8. The summed E-state index contributed by atoms with van der Waals surface area (Å²) in [4.78, 5) is 22.5. The summed E-state index contributed by atoms with van der Waals surface area (Å²) in [6.07, 6.45) is 3.24. The fourth-order valence-corrected chi connectivity index (χ4v) is 2.79. The van der Waals surface area contributed by atoms with E-state index in [1.54, 1.807) is 6.20 Å². The van der Waals surface area contributed by atoms with Crippen molar-refractivity contribution in [1.29, 1.82) is 0 Å². The van der Waals surface area contributed by atoms with Gasteiger partial charge in [-0.25, -0.2) is 9.98 Å². The van der Waals surface area contributed by atoms with Crippen LogP contribution >= 0.6 is 24.0 Å². The Balaban J connectivity index is 0.00000338. The molecule has 1 fully saturated rings. The number of guanidine groups is 1. The summed E-state index contributed by atoms with van der Waals surface area (Å²) in [5.74, 6) is 1.61. The van der Waals surface area contributed by atoms with Gasteiger partial charge < -0.3 is 20.3 Å². The monoisotopic (exact) mass is 475 g/mol. The van der Waals surface area contributed by atoms with Crippen LogP contribution in [0, 0.1) is 0 Å². The number of ether oxygens (including phenoxy) is 1. The molecule has 0 aliphatic carbocycles. The lowest BCUT2D eigenvalue weighted by Gasteiger charge is -2.18. The van der Waals surface area contributed by atoms with Gasteiger partial charge in [-0.1, -0.05) is 6.92 Å². The van der Waals surface area contributed by atoms with Crippen molar-refractivity contribution in [3.63, 3.8) is 0 Å². The van der Waals surface area contributed by atoms with Crippen molar-refractivity contribution in [2.45, 2.75) is 46.2 Å². The van der Waals surface area contributed by atoms with E-state index in [1.165, 1.54) is 0 Å². The fraction of sp³-hybridized carbons (Fsp3) is 0.611. The maximum Gasteiger partial charge on any atom is 0.222 e. The summed E-state index contributed by atoms with van der Waals surface area (Å²) >= 11 is 0. The zero-order valence-corrected chi connectivity index (χ0v) is 18.2. The number of likely N-dealkylation sites (tertiary alicyclic amines) is 1. The first kappa shape index (κ1) is 22.5. The van der Waals surface area contributed by atoms with Crippen LogP contribution in [-0.2, 0) is 11.3 Å². The number of aromatic nitrogens is 1. The Morgan fingerprint density at radius 3 is 2.92 bits per heavy atom. The molecule has 2 heterocycles. The quantitative estimate of drug-likeness (QED) is 0.359. The second-order valence-electron chi connectivity index (χ2n) is 5.95. The van der Waals surface area contributed by atoms with E-state index in [2.05, 4.69) is 20.6 Å². The van der Waals surface area contributed by atoms with Crippen LogP contribution in [-0.4, -0.2) is 54.0 Å². The smallest absolute Gasteiger partial charge is 0.222 e. The third-order valence-electron chi connectivity index (χ3n) is 4.04. The summed E-state index contributed by atoms with van der Waals surface area (Å²) in [5, 5.41) is 6.70. The lowest BCUT2D eigenvalue weighted by Crippen LogP contribution is -2.45. The highest BCUT2D eigenvalue weighted by molar-refractivity contribution is 14.0. The van der Waals surface area contributed by atoms with Crippen LogP contribution in [0.5, 0.6) is 5.88 Å². The van der Waals surface area contributed by atoms with Gasteiger partial charge in [0.15, 0.2) is 5.96 Å². The maximum atomic E-state index is 11.8. The Bertz CT molecular complexity index is 597. The van der Waals surface area contributed by atoms with E-state index >= 15 is 0 Å². The summed E-state index contributed by atoms with van der Waals surface area (Å²) < 4.78 is 5.42. The van der Waals surface area contributed by atoms with E-state index in [9.17, 15) is 4.79 Å². The van der Waals surface area contributed by atoms with Gasteiger partial charge in [0.2, 0.25) is 11.8 Å². The van der Waals surface area contributed by atoms with Crippen molar-refractivity contribution >= 4 is 35.8 Å². The van der Waals surface area contributed by atoms with E-state index in [4.69, 9.17) is 4.74 Å². The van der Waals surface area contributed by atoms with Crippen molar-refractivity contribution in [2.75, 3.05) is 26.2 Å². The summed E-state index contributed by atoms with van der Waals surface area (Å²) in [7, 11) is 0. The highest BCUT2D eigenvalue weighted by atomic mass is 127. The number of hydrogen-bond donors (Lipinski definition) is 2. The number of pyridine rings is 1. The summed E-state index contributed by atoms with van der Waals surface area (Å²) in [5.41, 5.74) is 1.05. The second kappa shape index (κ2) is 11.9. The molecule has 7 nitrogen and oxygen atoms in total. The lowest BCUT2D eigenvalue weighted by molar-refractivity contribution is -0.129. The van der Waals surface area contributed by atoms with Gasteiger partial charge in [0, 0.05) is 44.4 Å². The van der Waals surface area contributed by atoms with E-state index in [1.807, 2.05) is 37.8 Å². The number of rotatable bonds is 7. The standard InChI is InChI=1S/C18H29N5O2.HI/c1-4-17(24)23-10-8-15(13-23)22-18(19-5-2)21-12-14-7-9-20-16(11-14)25-6-3;/h7,9,11,15H,4-6,8,10,12-13H2,1-3H3,(H2,19,21,22);1H. The molecule has 2 rings (SSSR count). The third kappa shape index (κ3) is 6.97. The Labute approximate surface area is 173 Å². The average molecular weight is 475 g/mol. The normalized spacial score (nSPS) is 16.8. The minimum atomic E-state index is 0. The number of carbonyl (C=O) groups excluding carboxylic acids is 1. The molecule has 1 amide bonds. The van der Waals surface area contributed by atoms with Crippen LogP contribution in [0.25, 0.3) is 0 Å². The van der Waals surface area contributed by atoms with Crippen LogP contribution in [0.4, 0.5) is 0 Å². The molecule has 1 aliphatic heterocycles. The maximum absolute atomic E-state index is 11.8. The number of amides is 1. The molecule has 1 aromatic heterocycles. The Morgan fingerprint density at radius 1 is 1.42 bits per heavy atom. The van der Waals surface area contributed by atoms with Gasteiger partial charge in [-0.3, -0.25) is 4.79 Å². The van der Waals surface area contributed by atoms with Crippen LogP contribution < -0.4 is 15.4 Å². The number of hydrogen-bond acceptors (Lipinski definition) is 4. The van der Waals surface area contributed by atoms with E-state index in [0.29, 0.717) is 25.5 Å². The molecule has 0 spiro atoms. The molecule has 26 heavy (non-hydrogen) atoms. The minimum absolute atomic E-state index is 0. The third-order valence-corrected chi connectivity index (χ3v) is 4.04. The molecule has 1 aromatic rings. The van der Waals surface area contributed by atoms with Gasteiger partial charge in [-0.15, -0.1) is 24.0 Å². The first-order valence-electron chi connectivity index (χ1n) is 9.06. The van der Waals surface area contributed by atoms with Gasteiger partial charge in [-0.2, -0.15) is 0 Å². The summed E-state index contributed by atoms with van der Waals surface area (Å²) in [6.45, 7) is 9.36. The first-order valence-corrected chi connectivity index (χ1v) is 9.06. The molecule has 0 bridgehead atoms. The molecular formula is C18H30IN5O2. The van der Waals surface area contributed by atoms with E-state index < -0.39 is 0 Å². The molecule has 0 aromatic carbocycles. The van der Waals surface area contributed by atoms with Crippen LogP contribution in [0.3, 0.4) is 0 Å². The van der Waals surface area contributed by atoms with Crippen molar-refractivity contribution in [2.24, 2.45) is 4.99 Å². The highest BCUT2D eigenvalue weighted by Gasteiger charge is 2.25. The van der Waals surface area contributed by atoms with E-state index in [-0.39, 0.29) is 35.9 Å². The number of carbonyl (C=O) groups is 1. The average Bonchev–Trinajstić information content (AvgIpc) is 3.08. The highest BCUT2D eigenvalue weighted by Crippen LogP contribution is 2.12. The van der Waals surface area contributed by atoms with Crippen molar-refractivity contribution in [3.8, 4) is 5.88 Å². The zero-order chi connectivity index (χ0) is 18.1. The Morgan fingerprint density at radius 2 is 2.23 bits per heavy atom. The van der Waals surface area contributed by atoms with Crippen molar-refractivity contribution < 1.29 is 9.53 Å². The number of halogens is 1. The molecule has 0 saturated carbocycles. The molecule has 1 unspecified atom stereocenters. The minimum Gasteiger partial charge on any atom is -0.478 e. The van der Waals surface area contributed by atoms with Crippen LogP contribution in [0.1, 0.15) is 39.2 Å². The predicted molar refractivity (Wildman–Crippen MR) is 114 cm³/mol. The lowest BCUT2D eigenvalue weighted by atomic mass is 10.2. The molecule has 1 saturated heterocycles. The SMILES string of the molecule is CCNC(=NCc1ccnc(OCC)c1)NC1CCN(C(=O)CC)C1.I. The predicted octanol–water partition coefficient (Wildman–Crippen LogP) is 2.16. The molecule has 2 N–H and O–H groups in total. The molecule has 0 radical (unpaired) electrons. The molecule has 1 atom stereocenters. The Kier molecular flexibility index (Phi) is 10.3. The van der Waals surface area contributed by atoms with Crippen molar-refractivity contribution in [3.05, 3.63) is 23.9 Å². The van der Waals surface area contributed by atoms with E-state index in [0.717, 1.165) is 37.6 Å². The first-order chi connectivity index (χ1) is 12.2. The van der Waals surface area contributed by atoms with Gasteiger partial charge >= 0.3 is 0 Å².